The van der Waals surface area contributed by atoms with E-state index >= 15 is 0 Å². The summed E-state index contributed by atoms with van der Waals surface area (Å²) in [5.41, 5.74) is 0.741. The van der Waals surface area contributed by atoms with Crippen molar-refractivity contribution in [1.29, 1.82) is 0 Å². The van der Waals surface area contributed by atoms with Crippen LogP contribution in [0.4, 0.5) is 0 Å². The molecule has 1 rings (SSSR count). The monoisotopic (exact) mass is 244 g/mol. The average Bonchev–Trinajstić information content (AvgIpc) is 2.35. The second-order valence-electron chi connectivity index (χ2n) is 4.41. The van der Waals surface area contributed by atoms with Gasteiger partial charge in [0.25, 0.3) is 0 Å². The fraction of sp³-hybridized carbons (Fsp3) is 0.538. The number of ether oxygens (including phenoxy) is 1. The second-order valence-corrected chi connectivity index (χ2v) is 4.41. The summed E-state index contributed by atoms with van der Waals surface area (Å²) in [5, 5.41) is 12.2. The van der Waals surface area contributed by atoms with Gasteiger partial charge < -0.3 is 19.6 Å². The van der Waals surface area contributed by atoms with Crippen LogP contribution in [0.3, 0.4) is 0 Å². The predicted molar refractivity (Wildman–Crippen MR) is 66.9 cm³/mol. The van der Waals surface area contributed by atoms with Crippen molar-refractivity contribution in [3.8, 4) is 5.75 Å². The molecule has 0 heterocycles. The van der Waals surface area contributed by atoms with Crippen LogP contribution in [0.1, 0.15) is 11.8 Å². The summed E-state index contributed by atoms with van der Waals surface area (Å²) in [5.74, 6) is 0.726. The number of benzene rings is 1. The summed E-state index contributed by atoms with van der Waals surface area (Å²) >= 11 is 0. The van der Waals surface area contributed by atoms with Gasteiger partial charge >= 0.3 is 18.9 Å². The Balaban J connectivity index is 0.00000289. The summed E-state index contributed by atoms with van der Waals surface area (Å²) in [6, 6.07) is 7.32. The van der Waals surface area contributed by atoms with Crippen molar-refractivity contribution in [2.24, 2.45) is 0 Å². The molecule has 1 unspecified atom stereocenters. The number of hydrogen-bond donors (Lipinski definition) is 0. The summed E-state index contributed by atoms with van der Waals surface area (Å²) in [6.45, 7) is 1.62. The van der Waals surface area contributed by atoms with E-state index in [1.807, 2.05) is 39.3 Å². The second kappa shape index (κ2) is 8.57. The molecule has 1 aromatic rings. The fourth-order valence-corrected chi connectivity index (χ4v) is 1.52. The molecular formula is C13H21LiN2O2. The van der Waals surface area contributed by atoms with Crippen molar-refractivity contribution in [2.45, 2.75) is 6.23 Å². The largest absolute Gasteiger partial charge is 1.00 e. The quantitative estimate of drug-likeness (QED) is 0.411. The van der Waals surface area contributed by atoms with E-state index in [0.717, 1.165) is 24.4 Å². The van der Waals surface area contributed by atoms with Crippen molar-refractivity contribution in [1.82, 2.24) is 9.80 Å². The molecule has 0 aliphatic carbocycles. The molecule has 0 saturated carbocycles. The minimum absolute atomic E-state index is 0. The van der Waals surface area contributed by atoms with Crippen molar-refractivity contribution in [2.75, 3.05) is 41.3 Å². The Morgan fingerprint density at radius 2 is 1.89 bits per heavy atom. The molecule has 1 aromatic carbocycles. The number of rotatable bonds is 6. The van der Waals surface area contributed by atoms with Gasteiger partial charge in [0.2, 0.25) is 0 Å². The van der Waals surface area contributed by atoms with Crippen LogP contribution in [0.5, 0.6) is 5.75 Å². The third kappa shape index (κ3) is 5.43. The third-order valence-electron chi connectivity index (χ3n) is 2.68. The molecule has 0 bridgehead atoms. The van der Waals surface area contributed by atoms with Crippen LogP contribution >= 0.6 is 0 Å². The SMILES string of the molecule is COc1cccc(C([O-])N(C)CCN(C)C)c1.[Li+]. The molecule has 0 aliphatic heterocycles. The Bertz CT molecular complexity index is 348. The molecule has 0 spiro atoms. The van der Waals surface area contributed by atoms with Gasteiger partial charge in [-0.3, -0.25) is 0 Å². The number of likely N-dealkylation sites (N-methyl/N-ethyl adjacent to an activating group) is 2. The molecule has 0 fully saturated rings. The molecule has 96 valence electrons. The van der Waals surface area contributed by atoms with Crippen LogP contribution in [-0.4, -0.2) is 51.1 Å². The Labute approximate surface area is 122 Å². The number of methoxy groups -OCH3 is 1. The molecule has 0 radical (unpaired) electrons. The van der Waals surface area contributed by atoms with E-state index in [4.69, 9.17) is 4.74 Å². The Morgan fingerprint density at radius 3 is 2.44 bits per heavy atom. The third-order valence-corrected chi connectivity index (χ3v) is 2.68. The van der Waals surface area contributed by atoms with Crippen molar-refractivity contribution >= 4 is 0 Å². The topological polar surface area (TPSA) is 38.8 Å². The zero-order chi connectivity index (χ0) is 12.8. The maximum atomic E-state index is 12.2. The average molecular weight is 244 g/mol. The zero-order valence-electron chi connectivity index (χ0n) is 12.0. The molecular weight excluding hydrogens is 223 g/mol. The minimum atomic E-state index is -0.843. The van der Waals surface area contributed by atoms with Crippen molar-refractivity contribution in [3.63, 3.8) is 0 Å². The Morgan fingerprint density at radius 1 is 1.22 bits per heavy atom. The van der Waals surface area contributed by atoms with Crippen molar-refractivity contribution in [3.05, 3.63) is 29.8 Å². The Kier molecular flexibility index (Phi) is 8.33. The van der Waals surface area contributed by atoms with E-state index in [-0.39, 0.29) is 18.9 Å². The summed E-state index contributed by atoms with van der Waals surface area (Å²) in [4.78, 5) is 3.86. The molecule has 0 aromatic heterocycles. The van der Waals surface area contributed by atoms with E-state index in [1.54, 1.807) is 18.1 Å². The van der Waals surface area contributed by atoms with E-state index in [2.05, 4.69) is 4.90 Å². The fourth-order valence-electron chi connectivity index (χ4n) is 1.52. The van der Waals surface area contributed by atoms with Crippen LogP contribution < -0.4 is 28.7 Å². The minimum Gasteiger partial charge on any atom is -0.837 e. The van der Waals surface area contributed by atoms with Gasteiger partial charge in [0.1, 0.15) is 5.75 Å². The van der Waals surface area contributed by atoms with Gasteiger partial charge in [0, 0.05) is 13.1 Å². The summed E-state index contributed by atoms with van der Waals surface area (Å²) < 4.78 is 5.12. The molecule has 18 heavy (non-hydrogen) atoms. The van der Waals surface area contributed by atoms with Gasteiger partial charge in [0.15, 0.2) is 0 Å². The molecule has 5 heteroatoms. The van der Waals surface area contributed by atoms with Gasteiger partial charge in [-0.05, 0) is 45.1 Å². The first kappa shape index (κ1) is 17.5. The predicted octanol–water partition coefficient (Wildman–Crippen LogP) is -2.45. The first-order valence-electron chi connectivity index (χ1n) is 5.69. The maximum absolute atomic E-state index is 12.2. The van der Waals surface area contributed by atoms with Crippen LogP contribution in [0.25, 0.3) is 0 Å². The van der Waals surface area contributed by atoms with Crippen molar-refractivity contribution < 1.29 is 28.7 Å². The van der Waals surface area contributed by atoms with Gasteiger partial charge in [0.05, 0.1) is 7.11 Å². The molecule has 1 atom stereocenters. The van der Waals surface area contributed by atoms with Crippen LogP contribution in [0.15, 0.2) is 24.3 Å². The van der Waals surface area contributed by atoms with Crippen LogP contribution in [0.2, 0.25) is 0 Å². The number of hydrogen-bond acceptors (Lipinski definition) is 4. The van der Waals surface area contributed by atoms with E-state index in [0.29, 0.717) is 0 Å². The Hall–Kier alpha value is -0.503. The maximum Gasteiger partial charge on any atom is 1.00 e. The van der Waals surface area contributed by atoms with E-state index in [1.165, 1.54) is 0 Å². The van der Waals surface area contributed by atoms with E-state index < -0.39 is 6.23 Å². The van der Waals surface area contributed by atoms with Gasteiger partial charge in [-0.15, -0.1) is 0 Å². The zero-order valence-corrected chi connectivity index (χ0v) is 12.0. The molecule has 4 nitrogen and oxygen atoms in total. The van der Waals surface area contributed by atoms with Gasteiger partial charge in [-0.2, -0.15) is 0 Å². The summed E-state index contributed by atoms with van der Waals surface area (Å²) in [6.07, 6.45) is -0.843. The first-order valence-corrected chi connectivity index (χ1v) is 5.69. The normalized spacial score (nSPS) is 12.4. The molecule has 0 aliphatic rings. The number of nitrogens with zero attached hydrogens (tertiary/aromatic N) is 2. The smallest absolute Gasteiger partial charge is 0.837 e. The van der Waals surface area contributed by atoms with E-state index in [9.17, 15) is 5.11 Å². The first-order chi connectivity index (χ1) is 8.04. The standard InChI is InChI=1S/C13H21N2O2.Li/c1-14(2)8-9-15(3)13(16)11-6-5-7-12(10-11)17-4;/h5-7,10,13H,8-9H2,1-4H3;/q-1;+1. The molecule has 0 amide bonds. The van der Waals surface area contributed by atoms with Gasteiger partial charge in [-0.25, -0.2) is 0 Å². The van der Waals surface area contributed by atoms with Crippen LogP contribution in [0, 0.1) is 0 Å². The van der Waals surface area contributed by atoms with Gasteiger partial charge in [-0.1, -0.05) is 12.1 Å². The molecule has 0 N–H and O–H groups in total. The summed E-state index contributed by atoms with van der Waals surface area (Å²) in [7, 11) is 7.45. The van der Waals surface area contributed by atoms with Crippen LogP contribution in [-0.2, 0) is 0 Å². The molecule has 0 saturated heterocycles.